The Morgan fingerprint density at radius 2 is 1.68 bits per heavy atom. The third-order valence-electron chi connectivity index (χ3n) is 6.08. The molecule has 2 saturated heterocycles. The highest BCUT2D eigenvalue weighted by Gasteiger charge is 2.44. The summed E-state index contributed by atoms with van der Waals surface area (Å²) in [4.78, 5) is 16.9. The standard InChI is InChI=1S/C26H25ClFN3O3/c27-19-4-8-22(9-5-19)33-23-10-6-21(7-11-23)31-25(18-2-1-3-20(28)16-18)24(34-26(31)32)17-30-14-12-29-13-15-30/h1-11,16,24-25,29H,12-15,17H2/t24-,25-/m0/s1. The van der Waals surface area contributed by atoms with Gasteiger partial charge in [0, 0.05) is 43.4 Å². The Kier molecular flexibility index (Phi) is 6.67. The molecule has 0 spiro atoms. The zero-order chi connectivity index (χ0) is 23.5. The molecule has 0 radical (unpaired) electrons. The van der Waals surface area contributed by atoms with E-state index in [0.717, 1.165) is 26.2 Å². The molecular formula is C26H25ClFN3O3. The number of nitrogens with one attached hydrogen (secondary N) is 1. The van der Waals surface area contributed by atoms with Gasteiger partial charge in [0.15, 0.2) is 0 Å². The summed E-state index contributed by atoms with van der Waals surface area (Å²) in [7, 11) is 0. The van der Waals surface area contributed by atoms with Gasteiger partial charge in [-0.05, 0) is 66.2 Å². The Bertz CT molecular complexity index is 1140. The summed E-state index contributed by atoms with van der Waals surface area (Å²) in [6.45, 7) is 4.12. The van der Waals surface area contributed by atoms with E-state index in [1.165, 1.54) is 12.1 Å². The molecule has 1 amide bonds. The fraction of sp³-hybridized carbons (Fsp3) is 0.269. The summed E-state index contributed by atoms with van der Waals surface area (Å²) < 4.78 is 25.8. The van der Waals surface area contributed by atoms with E-state index in [9.17, 15) is 9.18 Å². The molecule has 5 rings (SSSR count). The number of rotatable bonds is 6. The van der Waals surface area contributed by atoms with Crippen molar-refractivity contribution in [2.24, 2.45) is 0 Å². The Hall–Kier alpha value is -3.13. The number of cyclic esters (lactones) is 1. The number of amides is 1. The third-order valence-corrected chi connectivity index (χ3v) is 6.33. The highest BCUT2D eigenvalue weighted by atomic mass is 35.5. The highest BCUT2D eigenvalue weighted by Crippen LogP contribution is 2.39. The Balaban J connectivity index is 1.41. The maximum atomic E-state index is 14.1. The number of hydrogen-bond donors (Lipinski definition) is 1. The zero-order valence-corrected chi connectivity index (χ0v) is 19.2. The van der Waals surface area contributed by atoms with Crippen molar-refractivity contribution in [3.05, 3.63) is 89.2 Å². The molecule has 2 aliphatic rings. The molecule has 2 fully saturated rings. The number of piperazine rings is 1. The van der Waals surface area contributed by atoms with Gasteiger partial charge in [0.05, 0.1) is 0 Å². The van der Waals surface area contributed by atoms with Crippen LogP contribution in [0.15, 0.2) is 72.8 Å². The lowest BCUT2D eigenvalue weighted by molar-refractivity contribution is 0.0914. The summed E-state index contributed by atoms with van der Waals surface area (Å²) in [5.74, 6) is 0.939. The minimum atomic E-state index is -0.444. The van der Waals surface area contributed by atoms with E-state index in [-0.39, 0.29) is 5.82 Å². The van der Waals surface area contributed by atoms with E-state index in [0.29, 0.717) is 34.3 Å². The van der Waals surface area contributed by atoms with Gasteiger partial charge < -0.3 is 14.8 Å². The van der Waals surface area contributed by atoms with Gasteiger partial charge in [-0.15, -0.1) is 0 Å². The summed E-state index contributed by atoms with van der Waals surface area (Å²) in [6, 6.07) is 20.2. The van der Waals surface area contributed by atoms with Crippen molar-refractivity contribution < 1.29 is 18.7 Å². The molecule has 34 heavy (non-hydrogen) atoms. The maximum absolute atomic E-state index is 14.1. The fourth-order valence-corrected chi connectivity index (χ4v) is 4.58. The van der Waals surface area contributed by atoms with Crippen LogP contribution in [0.4, 0.5) is 14.9 Å². The minimum Gasteiger partial charge on any atom is -0.457 e. The van der Waals surface area contributed by atoms with Crippen molar-refractivity contribution in [1.29, 1.82) is 0 Å². The van der Waals surface area contributed by atoms with Crippen LogP contribution in [0.5, 0.6) is 11.5 Å². The van der Waals surface area contributed by atoms with Crippen LogP contribution in [0, 0.1) is 5.82 Å². The van der Waals surface area contributed by atoms with Gasteiger partial charge in [-0.1, -0.05) is 23.7 Å². The van der Waals surface area contributed by atoms with Crippen LogP contribution in [0.1, 0.15) is 11.6 Å². The first kappa shape index (κ1) is 22.7. The van der Waals surface area contributed by atoms with Crippen LogP contribution in [0.3, 0.4) is 0 Å². The van der Waals surface area contributed by atoms with E-state index in [1.807, 2.05) is 18.2 Å². The molecule has 6 nitrogen and oxygen atoms in total. The molecule has 8 heteroatoms. The van der Waals surface area contributed by atoms with Crippen LogP contribution >= 0.6 is 11.6 Å². The van der Waals surface area contributed by atoms with Gasteiger partial charge in [-0.2, -0.15) is 0 Å². The Labute approximate surface area is 202 Å². The molecule has 0 aromatic heterocycles. The van der Waals surface area contributed by atoms with Gasteiger partial charge in [-0.25, -0.2) is 9.18 Å². The number of ether oxygens (including phenoxy) is 2. The molecule has 0 aliphatic carbocycles. The van der Waals surface area contributed by atoms with E-state index in [2.05, 4.69) is 10.2 Å². The van der Waals surface area contributed by atoms with Gasteiger partial charge in [-0.3, -0.25) is 9.80 Å². The monoisotopic (exact) mass is 481 g/mol. The molecule has 2 heterocycles. The Morgan fingerprint density at radius 1 is 1.00 bits per heavy atom. The summed E-state index contributed by atoms with van der Waals surface area (Å²) >= 11 is 5.93. The molecule has 2 atom stereocenters. The van der Waals surface area contributed by atoms with Gasteiger partial charge in [0.25, 0.3) is 0 Å². The molecule has 176 valence electrons. The second-order valence-corrected chi connectivity index (χ2v) is 8.83. The summed E-state index contributed by atoms with van der Waals surface area (Å²) in [5, 5.41) is 3.96. The highest BCUT2D eigenvalue weighted by molar-refractivity contribution is 6.30. The quantitative estimate of drug-likeness (QED) is 0.521. The lowest BCUT2D eigenvalue weighted by Crippen LogP contribution is -2.47. The van der Waals surface area contributed by atoms with Gasteiger partial charge in [0.1, 0.15) is 29.5 Å². The van der Waals surface area contributed by atoms with Crippen molar-refractivity contribution in [3.8, 4) is 11.5 Å². The number of hydrogen-bond acceptors (Lipinski definition) is 5. The average Bonchev–Trinajstić information content (AvgIpc) is 3.17. The lowest BCUT2D eigenvalue weighted by Gasteiger charge is -2.31. The van der Waals surface area contributed by atoms with E-state index in [4.69, 9.17) is 21.1 Å². The van der Waals surface area contributed by atoms with Crippen LogP contribution in [-0.2, 0) is 4.74 Å². The number of carbonyl (C=O) groups is 1. The molecule has 3 aromatic carbocycles. The molecule has 0 unspecified atom stereocenters. The van der Waals surface area contributed by atoms with Crippen molar-refractivity contribution in [3.63, 3.8) is 0 Å². The van der Waals surface area contributed by atoms with Crippen LogP contribution in [0.2, 0.25) is 5.02 Å². The maximum Gasteiger partial charge on any atom is 0.415 e. The van der Waals surface area contributed by atoms with E-state index >= 15 is 0 Å². The second-order valence-electron chi connectivity index (χ2n) is 8.39. The molecular weight excluding hydrogens is 457 g/mol. The normalized spacial score (nSPS) is 20.9. The molecule has 0 bridgehead atoms. The second kappa shape index (κ2) is 10.0. The average molecular weight is 482 g/mol. The predicted octanol–water partition coefficient (Wildman–Crippen LogP) is 5.24. The fourth-order valence-electron chi connectivity index (χ4n) is 4.45. The van der Waals surface area contributed by atoms with Gasteiger partial charge in [0.2, 0.25) is 0 Å². The van der Waals surface area contributed by atoms with E-state index < -0.39 is 18.2 Å². The first-order valence-corrected chi connectivity index (χ1v) is 11.7. The van der Waals surface area contributed by atoms with Crippen LogP contribution in [-0.4, -0.2) is 49.8 Å². The van der Waals surface area contributed by atoms with Crippen LogP contribution < -0.4 is 15.0 Å². The number of benzene rings is 3. The Morgan fingerprint density at radius 3 is 2.35 bits per heavy atom. The van der Waals surface area contributed by atoms with Crippen LogP contribution in [0.25, 0.3) is 0 Å². The largest absolute Gasteiger partial charge is 0.457 e. The predicted molar refractivity (Wildman–Crippen MR) is 129 cm³/mol. The van der Waals surface area contributed by atoms with Crippen molar-refractivity contribution in [1.82, 2.24) is 10.2 Å². The number of anilines is 1. The number of carbonyl (C=O) groups excluding carboxylic acids is 1. The molecule has 1 N–H and O–H groups in total. The summed E-state index contributed by atoms with van der Waals surface area (Å²) in [5.41, 5.74) is 1.36. The molecule has 2 aliphatic heterocycles. The molecule has 0 saturated carbocycles. The summed E-state index contributed by atoms with van der Waals surface area (Å²) in [6.07, 6.45) is -0.863. The molecule has 3 aromatic rings. The first-order valence-electron chi connectivity index (χ1n) is 11.3. The van der Waals surface area contributed by atoms with Crippen molar-refractivity contribution >= 4 is 23.4 Å². The first-order chi connectivity index (χ1) is 16.6. The van der Waals surface area contributed by atoms with Crippen molar-refractivity contribution in [2.45, 2.75) is 12.1 Å². The SMILES string of the molecule is O=C1O[C@@H](CN2CCNCC2)[C@H](c2cccc(F)c2)N1c1ccc(Oc2ccc(Cl)cc2)cc1. The smallest absolute Gasteiger partial charge is 0.415 e. The number of nitrogens with zero attached hydrogens (tertiary/aromatic N) is 2. The topological polar surface area (TPSA) is 54.0 Å². The minimum absolute atomic E-state index is 0.343. The van der Waals surface area contributed by atoms with Gasteiger partial charge >= 0.3 is 6.09 Å². The van der Waals surface area contributed by atoms with E-state index in [1.54, 1.807) is 47.4 Å². The lowest BCUT2D eigenvalue weighted by atomic mass is 9.99. The number of halogens is 2. The zero-order valence-electron chi connectivity index (χ0n) is 18.5. The third kappa shape index (κ3) is 5.01. The van der Waals surface area contributed by atoms with Crippen molar-refractivity contribution in [2.75, 3.05) is 37.6 Å².